The molecule has 0 spiro atoms. The molecule has 1 heterocycles. The molecule has 0 atom stereocenters. The molecule has 0 unspecified atom stereocenters. The summed E-state index contributed by atoms with van der Waals surface area (Å²) in [6.07, 6.45) is 2.19. The molecular weight excluding hydrogens is 260 g/mol. The van der Waals surface area contributed by atoms with Crippen molar-refractivity contribution in [3.63, 3.8) is 0 Å². The van der Waals surface area contributed by atoms with Gasteiger partial charge in [-0.3, -0.25) is 4.79 Å². The molecule has 0 aromatic carbocycles. The lowest BCUT2D eigenvalue weighted by atomic mass is 10.1. The van der Waals surface area contributed by atoms with Gasteiger partial charge in [0.05, 0.1) is 13.5 Å². The van der Waals surface area contributed by atoms with Gasteiger partial charge >= 0.3 is 5.97 Å². The summed E-state index contributed by atoms with van der Waals surface area (Å²) in [4.78, 5) is 15.4. The molecule has 0 aliphatic heterocycles. The Balaban J connectivity index is 2.55. The largest absolute Gasteiger partial charge is 0.469 e. The second kappa shape index (κ2) is 7.50. The van der Waals surface area contributed by atoms with Crippen molar-refractivity contribution in [2.45, 2.75) is 44.3 Å². The van der Waals surface area contributed by atoms with E-state index in [0.29, 0.717) is 12.2 Å². The molecule has 0 aliphatic carbocycles. The van der Waals surface area contributed by atoms with Gasteiger partial charge in [-0.2, -0.15) is 0 Å². The van der Waals surface area contributed by atoms with E-state index in [9.17, 15) is 4.79 Å². The van der Waals surface area contributed by atoms with Crippen LogP contribution in [0.4, 0.5) is 0 Å². The van der Waals surface area contributed by atoms with Crippen LogP contribution >= 0.6 is 11.8 Å². The number of thioether (sulfide) groups is 1. The van der Waals surface area contributed by atoms with Gasteiger partial charge in [-0.05, 0) is 32.4 Å². The van der Waals surface area contributed by atoms with Crippen LogP contribution in [0.15, 0.2) is 23.4 Å². The highest BCUT2D eigenvalue weighted by Gasteiger charge is 2.11. The fourth-order valence-corrected chi connectivity index (χ4v) is 2.31. The van der Waals surface area contributed by atoms with Gasteiger partial charge in [0.25, 0.3) is 0 Å². The first kappa shape index (κ1) is 16.0. The second-order valence-electron chi connectivity index (χ2n) is 5.25. The maximum absolute atomic E-state index is 11.1. The number of aromatic nitrogens is 1. The van der Waals surface area contributed by atoms with E-state index in [-0.39, 0.29) is 11.5 Å². The maximum atomic E-state index is 11.1. The number of nitrogens with one attached hydrogen (secondary N) is 1. The molecule has 0 aliphatic rings. The number of rotatable bonds is 6. The van der Waals surface area contributed by atoms with E-state index < -0.39 is 0 Å². The third-order valence-electron chi connectivity index (χ3n) is 2.43. The third kappa shape index (κ3) is 6.59. The van der Waals surface area contributed by atoms with Gasteiger partial charge < -0.3 is 10.1 Å². The maximum Gasteiger partial charge on any atom is 0.306 e. The average Bonchev–Trinajstić information content (AvgIpc) is 2.36. The van der Waals surface area contributed by atoms with Crippen LogP contribution in [0, 0.1) is 0 Å². The number of carbonyl (C=O) groups excluding carboxylic acids is 1. The van der Waals surface area contributed by atoms with Crippen LogP contribution in [-0.4, -0.2) is 29.4 Å². The molecule has 106 valence electrons. The van der Waals surface area contributed by atoms with Crippen LogP contribution in [-0.2, 0) is 16.1 Å². The summed E-state index contributed by atoms with van der Waals surface area (Å²) < 4.78 is 4.63. The molecule has 0 bridgehead atoms. The molecule has 5 heteroatoms. The molecule has 1 N–H and O–H groups in total. The molecule has 1 rings (SSSR count). The number of esters is 1. The van der Waals surface area contributed by atoms with E-state index >= 15 is 0 Å². The number of ether oxygens (including phenoxy) is 1. The van der Waals surface area contributed by atoms with E-state index in [1.165, 1.54) is 7.11 Å². The fraction of sp³-hybridized carbons (Fsp3) is 0.571. The predicted octanol–water partition coefficient (Wildman–Crippen LogP) is 2.62. The Labute approximate surface area is 119 Å². The van der Waals surface area contributed by atoms with Crippen LogP contribution in [0.25, 0.3) is 0 Å². The Morgan fingerprint density at radius 1 is 1.47 bits per heavy atom. The number of methoxy groups -OCH3 is 1. The molecule has 4 nitrogen and oxygen atoms in total. The third-order valence-corrected chi connectivity index (χ3v) is 3.48. The van der Waals surface area contributed by atoms with Crippen molar-refractivity contribution in [1.82, 2.24) is 10.3 Å². The lowest BCUT2D eigenvalue weighted by Gasteiger charge is -2.21. The van der Waals surface area contributed by atoms with Crippen molar-refractivity contribution in [3.05, 3.63) is 23.9 Å². The highest BCUT2D eigenvalue weighted by molar-refractivity contribution is 7.99. The Kier molecular flexibility index (Phi) is 6.31. The zero-order valence-corrected chi connectivity index (χ0v) is 12.8. The molecular formula is C14H22N2O2S. The van der Waals surface area contributed by atoms with E-state index in [2.05, 4.69) is 41.9 Å². The lowest BCUT2D eigenvalue weighted by molar-refractivity contribution is -0.140. The molecule has 0 fully saturated rings. The summed E-state index contributed by atoms with van der Waals surface area (Å²) in [5.41, 5.74) is 1.23. The highest BCUT2D eigenvalue weighted by Crippen LogP contribution is 2.21. The van der Waals surface area contributed by atoms with Crippen molar-refractivity contribution in [3.8, 4) is 0 Å². The SMILES string of the molecule is COC(=O)CCSc1ncccc1CNC(C)(C)C. The van der Waals surface area contributed by atoms with E-state index in [0.717, 1.165) is 17.1 Å². The Hall–Kier alpha value is -1.07. The molecule has 0 radical (unpaired) electrons. The van der Waals surface area contributed by atoms with Gasteiger partial charge in [0.1, 0.15) is 5.03 Å². The molecule has 0 saturated heterocycles. The van der Waals surface area contributed by atoms with Crippen LogP contribution in [0.3, 0.4) is 0 Å². The Morgan fingerprint density at radius 2 is 2.21 bits per heavy atom. The first-order chi connectivity index (χ1) is 8.92. The first-order valence-electron chi connectivity index (χ1n) is 6.31. The number of hydrogen-bond acceptors (Lipinski definition) is 5. The summed E-state index contributed by atoms with van der Waals surface area (Å²) in [5.74, 6) is 0.504. The molecule has 1 aromatic rings. The van der Waals surface area contributed by atoms with Crippen molar-refractivity contribution in [2.75, 3.05) is 12.9 Å². The zero-order valence-electron chi connectivity index (χ0n) is 12.0. The fourth-order valence-electron chi connectivity index (χ4n) is 1.38. The van der Waals surface area contributed by atoms with Crippen molar-refractivity contribution < 1.29 is 9.53 Å². The van der Waals surface area contributed by atoms with Gasteiger partial charge in [0.15, 0.2) is 0 Å². The molecule has 1 aromatic heterocycles. The number of carbonyl (C=O) groups is 1. The summed E-state index contributed by atoms with van der Waals surface area (Å²) in [7, 11) is 1.41. The molecule has 0 amide bonds. The minimum absolute atomic E-state index is 0.0732. The summed E-state index contributed by atoms with van der Waals surface area (Å²) in [6.45, 7) is 7.17. The summed E-state index contributed by atoms with van der Waals surface area (Å²) >= 11 is 1.59. The minimum Gasteiger partial charge on any atom is -0.469 e. The standard InChI is InChI=1S/C14H22N2O2S/c1-14(2,3)16-10-11-6-5-8-15-13(11)19-9-7-12(17)18-4/h5-6,8,16H,7,9-10H2,1-4H3. The normalized spacial score (nSPS) is 11.4. The van der Waals surface area contributed by atoms with E-state index in [4.69, 9.17) is 0 Å². The van der Waals surface area contributed by atoms with Crippen molar-refractivity contribution in [1.29, 1.82) is 0 Å². The van der Waals surface area contributed by atoms with E-state index in [1.54, 1.807) is 18.0 Å². The van der Waals surface area contributed by atoms with Crippen LogP contribution in [0.1, 0.15) is 32.8 Å². The predicted molar refractivity (Wildman–Crippen MR) is 78.2 cm³/mol. The quantitative estimate of drug-likeness (QED) is 0.642. The lowest BCUT2D eigenvalue weighted by Crippen LogP contribution is -2.35. The Morgan fingerprint density at radius 3 is 2.84 bits per heavy atom. The van der Waals surface area contributed by atoms with Crippen molar-refractivity contribution in [2.24, 2.45) is 0 Å². The summed E-state index contributed by atoms with van der Waals surface area (Å²) in [5, 5.41) is 4.42. The van der Waals surface area contributed by atoms with Crippen molar-refractivity contribution >= 4 is 17.7 Å². The summed E-state index contributed by atoms with van der Waals surface area (Å²) in [6, 6.07) is 4.00. The van der Waals surface area contributed by atoms with Crippen LogP contribution in [0.5, 0.6) is 0 Å². The average molecular weight is 282 g/mol. The van der Waals surface area contributed by atoms with Gasteiger partial charge in [-0.1, -0.05) is 6.07 Å². The number of nitrogens with zero attached hydrogens (tertiary/aromatic N) is 1. The highest BCUT2D eigenvalue weighted by atomic mass is 32.2. The Bertz CT molecular complexity index is 416. The molecule has 19 heavy (non-hydrogen) atoms. The minimum atomic E-state index is -0.183. The molecule has 0 saturated carbocycles. The van der Waals surface area contributed by atoms with Crippen LogP contribution in [0.2, 0.25) is 0 Å². The second-order valence-corrected chi connectivity index (χ2v) is 6.33. The number of hydrogen-bond donors (Lipinski definition) is 1. The van der Waals surface area contributed by atoms with Gasteiger partial charge in [-0.15, -0.1) is 11.8 Å². The van der Waals surface area contributed by atoms with Gasteiger partial charge in [0, 0.05) is 24.0 Å². The zero-order chi connectivity index (χ0) is 14.3. The number of pyridine rings is 1. The van der Waals surface area contributed by atoms with Gasteiger partial charge in [0.2, 0.25) is 0 Å². The monoisotopic (exact) mass is 282 g/mol. The smallest absolute Gasteiger partial charge is 0.306 e. The van der Waals surface area contributed by atoms with Gasteiger partial charge in [-0.25, -0.2) is 4.98 Å². The van der Waals surface area contributed by atoms with Crippen LogP contribution < -0.4 is 5.32 Å². The topological polar surface area (TPSA) is 51.2 Å². The first-order valence-corrected chi connectivity index (χ1v) is 7.29. The van der Waals surface area contributed by atoms with E-state index in [1.807, 2.05) is 6.07 Å².